The average Bonchev–Trinajstić information content (AvgIpc) is 3.14. The number of amides is 2. The lowest BCUT2D eigenvalue weighted by atomic mass is 9.86. The highest BCUT2D eigenvalue weighted by Crippen LogP contribution is 2.36. The number of rotatable bonds is 9. The second-order valence-corrected chi connectivity index (χ2v) is 11.2. The van der Waals surface area contributed by atoms with Crippen LogP contribution in [0.25, 0.3) is 0 Å². The van der Waals surface area contributed by atoms with Gasteiger partial charge in [-0.2, -0.15) is 0 Å². The zero-order valence-electron chi connectivity index (χ0n) is 23.6. The number of likely N-dealkylation sites (N-methyl/N-ethyl adjacent to an activating group) is 1. The molecule has 0 spiro atoms. The van der Waals surface area contributed by atoms with Crippen molar-refractivity contribution >= 4 is 17.5 Å². The predicted molar refractivity (Wildman–Crippen MR) is 150 cm³/mol. The van der Waals surface area contributed by atoms with E-state index in [0.29, 0.717) is 25.1 Å². The molecule has 0 aliphatic carbocycles. The van der Waals surface area contributed by atoms with Gasteiger partial charge < -0.3 is 15.0 Å². The maximum Gasteiger partial charge on any atom is 0.573 e. The van der Waals surface area contributed by atoms with E-state index in [1.54, 1.807) is 41.6 Å². The van der Waals surface area contributed by atoms with E-state index < -0.39 is 12.4 Å². The van der Waals surface area contributed by atoms with Crippen molar-refractivity contribution in [2.75, 3.05) is 18.9 Å². The number of ether oxygens (including phenoxy) is 1. The van der Waals surface area contributed by atoms with Gasteiger partial charge in [-0.3, -0.25) is 19.5 Å². The highest BCUT2D eigenvalue weighted by atomic mass is 19.4. The van der Waals surface area contributed by atoms with Crippen LogP contribution in [0.3, 0.4) is 0 Å². The molecule has 1 aliphatic rings. The Morgan fingerprint density at radius 2 is 1.71 bits per heavy atom. The van der Waals surface area contributed by atoms with E-state index in [-0.39, 0.29) is 35.6 Å². The second-order valence-electron chi connectivity index (χ2n) is 11.2. The van der Waals surface area contributed by atoms with Gasteiger partial charge in [0.25, 0.3) is 0 Å². The standard InChI is InChI=1S/C31H35F3N4O3/c1-30(2,3)23-11-9-22(10-12-23)28-37(4)26(15-16-27(39)36-24-6-5-18-35-20-24)29(40)38(28)19-17-21-7-13-25(14-8-21)41-31(32,33)34/h5-14,18,20,26,28H,15-17,19H2,1-4H3,(H,36,39)/t26-,28?/m0/s1. The van der Waals surface area contributed by atoms with Gasteiger partial charge in [0.2, 0.25) is 11.8 Å². The van der Waals surface area contributed by atoms with Crippen molar-refractivity contribution < 1.29 is 27.5 Å². The molecule has 3 aromatic rings. The van der Waals surface area contributed by atoms with E-state index in [2.05, 4.69) is 47.9 Å². The monoisotopic (exact) mass is 568 g/mol. The zero-order valence-corrected chi connectivity index (χ0v) is 23.6. The second kappa shape index (κ2) is 12.3. The SMILES string of the molecule is CN1C(c2ccc(C(C)(C)C)cc2)N(CCc2ccc(OC(F)(F)F)cc2)C(=O)[C@@H]1CCC(=O)Nc1cccnc1. The molecule has 2 atom stereocenters. The normalized spacial score (nSPS) is 18.0. The maximum absolute atomic E-state index is 13.7. The Balaban J connectivity index is 1.50. The molecule has 1 aromatic heterocycles. The number of hydrogen-bond acceptors (Lipinski definition) is 5. The molecular formula is C31H35F3N4O3. The molecule has 0 bridgehead atoms. The number of carbonyl (C=O) groups is 2. The summed E-state index contributed by atoms with van der Waals surface area (Å²) < 4.78 is 41.5. The number of carbonyl (C=O) groups excluding carboxylic acids is 2. The highest BCUT2D eigenvalue weighted by molar-refractivity contribution is 5.91. The van der Waals surface area contributed by atoms with Crippen LogP contribution in [0, 0.1) is 0 Å². The van der Waals surface area contributed by atoms with Crippen LogP contribution in [0.4, 0.5) is 18.9 Å². The molecule has 10 heteroatoms. The maximum atomic E-state index is 13.7. The molecule has 1 N–H and O–H groups in total. The highest BCUT2D eigenvalue weighted by Gasteiger charge is 2.44. The van der Waals surface area contributed by atoms with E-state index in [4.69, 9.17) is 0 Å². The van der Waals surface area contributed by atoms with Gasteiger partial charge in [0.15, 0.2) is 0 Å². The summed E-state index contributed by atoms with van der Waals surface area (Å²) in [7, 11) is 1.88. The first-order valence-electron chi connectivity index (χ1n) is 13.5. The van der Waals surface area contributed by atoms with Gasteiger partial charge in [0.1, 0.15) is 11.9 Å². The number of pyridine rings is 1. The number of nitrogens with one attached hydrogen (secondary N) is 1. The van der Waals surface area contributed by atoms with Crippen molar-refractivity contribution in [3.05, 3.63) is 89.7 Å². The van der Waals surface area contributed by atoms with Crippen molar-refractivity contribution in [2.45, 2.75) is 64.0 Å². The number of nitrogens with zero attached hydrogens (tertiary/aromatic N) is 3. The number of hydrogen-bond donors (Lipinski definition) is 1. The Hall–Kier alpha value is -3.92. The van der Waals surface area contributed by atoms with E-state index in [9.17, 15) is 22.8 Å². The van der Waals surface area contributed by atoms with Gasteiger partial charge in [0, 0.05) is 19.2 Å². The number of benzene rings is 2. The molecule has 4 rings (SSSR count). The largest absolute Gasteiger partial charge is 0.573 e. The average molecular weight is 569 g/mol. The number of alkyl halides is 3. The van der Waals surface area contributed by atoms with Gasteiger partial charge >= 0.3 is 6.36 Å². The van der Waals surface area contributed by atoms with Crippen molar-refractivity contribution in [1.82, 2.24) is 14.8 Å². The van der Waals surface area contributed by atoms with Crippen LogP contribution in [0.15, 0.2) is 73.1 Å². The summed E-state index contributed by atoms with van der Waals surface area (Å²) in [5.74, 6) is -0.590. The number of anilines is 1. The van der Waals surface area contributed by atoms with Crippen molar-refractivity contribution in [2.24, 2.45) is 0 Å². The lowest BCUT2D eigenvalue weighted by Crippen LogP contribution is -2.33. The fourth-order valence-corrected chi connectivity index (χ4v) is 5.04. The molecule has 1 fully saturated rings. The van der Waals surface area contributed by atoms with E-state index in [1.165, 1.54) is 17.7 Å². The summed E-state index contributed by atoms with van der Waals surface area (Å²) in [6.07, 6.45) is -1.00. The molecule has 218 valence electrons. The Morgan fingerprint density at radius 1 is 1.02 bits per heavy atom. The molecule has 41 heavy (non-hydrogen) atoms. The van der Waals surface area contributed by atoms with Gasteiger partial charge in [-0.1, -0.05) is 57.2 Å². The van der Waals surface area contributed by atoms with Crippen molar-refractivity contribution in [3.63, 3.8) is 0 Å². The summed E-state index contributed by atoms with van der Waals surface area (Å²) in [6, 6.07) is 16.8. The van der Waals surface area contributed by atoms with E-state index in [1.807, 2.05) is 24.1 Å². The fraction of sp³-hybridized carbons (Fsp3) is 0.387. The van der Waals surface area contributed by atoms with Crippen LogP contribution < -0.4 is 10.1 Å². The molecule has 0 saturated carbocycles. The topological polar surface area (TPSA) is 74.8 Å². The number of aromatic nitrogens is 1. The lowest BCUT2D eigenvalue weighted by molar-refractivity contribution is -0.274. The third-order valence-electron chi connectivity index (χ3n) is 7.20. The first-order chi connectivity index (χ1) is 19.3. The Labute approximate surface area is 238 Å². The van der Waals surface area contributed by atoms with Gasteiger partial charge in [0.05, 0.1) is 17.9 Å². The quantitative estimate of drug-likeness (QED) is 0.339. The Bertz CT molecular complexity index is 1320. The third-order valence-corrected chi connectivity index (χ3v) is 7.20. The Kier molecular flexibility index (Phi) is 9.01. The molecular weight excluding hydrogens is 533 g/mol. The zero-order chi connectivity index (χ0) is 29.8. The summed E-state index contributed by atoms with van der Waals surface area (Å²) in [6.45, 7) is 6.76. The van der Waals surface area contributed by atoms with Crippen LogP contribution >= 0.6 is 0 Å². The molecule has 2 aromatic carbocycles. The minimum Gasteiger partial charge on any atom is -0.406 e. The first-order valence-corrected chi connectivity index (χ1v) is 13.5. The molecule has 1 unspecified atom stereocenters. The van der Waals surface area contributed by atoms with Crippen molar-refractivity contribution in [1.29, 1.82) is 0 Å². The van der Waals surface area contributed by atoms with E-state index in [0.717, 1.165) is 11.1 Å². The van der Waals surface area contributed by atoms with Gasteiger partial charge in [-0.15, -0.1) is 13.2 Å². The van der Waals surface area contributed by atoms with Crippen LogP contribution in [0.1, 0.15) is 56.5 Å². The summed E-state index contributed by atoms with van der Waals surface area (Å²) in [5, 5.41) is 2.81. The Morgan fingerprint density at radius 3 is 2.29 bits per heavy atom. The summed E-state index contributed by atoms with van der Waals surface area (Å²) in [4.78, 5) is 34.1. The smallest absolute Gasteiger partial charge is 0.406 e. The van der Waals surface area contributed by atoms with Crippen LogP contribution in [0.5, 0.6) is 5.75 Å². The van der Waals surface area contributed by atoms with Crippen molar-refractivity contribution in [3.8, 4) is 5.75 Å². The fourth-order valence-electron chi connectivity index (χ4n) is 5.04. The molecule has 2 amide bonds. The summed E-state index contributed by atoms with van der Waals surface area (Å²) >= 11 is 0. The first kappa shape index (κ1) is 30.0. The van der Waals surface area contributed by atoms with Crippen LogP contribution in [-0.4, -0.2) is 52.6 Å². The number of halogens is 3. The molecule has 2 heterocycles. The minimum atomic E-state index is -4.76. The third kappa shape index (κ3) is 7.85. The molecule has 1 saturated heterocycles. The van der Waals surface area contributed by atoms with E-state index >= 15 is 0 Å². The molecule has 1 aliphatic heterocycles. The van der Waals surface area contributed by atoms with Crippen LogP contribution in [0.2, 0.25) is 0 Å². The summed E-state index contributed by atoms with van der Waals surface area (Å²) in [5.41, 5.74) is 3.46. The predicted octanol–water partition coefficient (Wildman–Crippen LogP) is 6.08. The molecule has 0 radical (unpaired) electrons. The minimum absolute atomic E-state index is 0.0260. The van der Waals surface area contributed by atoms with Crippen LogP contribution in [-0.2, 0) is 21.4 Å². The molecule has 7 nitrogen and oxygen atoms in total. The lowest BCUT2D eigenvalue weighted by Gasteiger charge is -2.30. The van der Waals surface area contributed by atoms with Gasteiger partial charge in [-0.05, 0) is 66.3 Å². The van der Waals surface area contributed by atoms with Gasteiger partial charge in [-0.25, -0.2) is 0 Å².